The number of nitrogens with one attached hydrogen (secondary N) is 2. The molecule has 9 nitrogen and oxygen atoms in total. The standard InChI is InChI=1S/C25H24FN5O4/c1-13-16-7-23(30-14-5-20-25(28-9-14)34-12-15(11-32)29-20)27-10-18(16)17-6-19(26)21(8-22(17)35-13)31-4-2-3-24(31)33/h5-10,13,15,29,32H,2-4,11-12H2,1H3,(H,27,30)/t13?,15-/m0/s1. The molecule has 1 unspecified atom stereocenters. The first-order valence-electron chi connectivity index (χ1n) is 11.6. The Hall–Kier alpha value is -3.92. The quantitative estimate of drug-likeness (QED) is 0.521. The summed E-state index contributed by atoms with van der Waals surface area (Å²) < 4.78 is 26.7. The van der Waals surface area contributed by atoms with Crippen molar-refractivity contribution in [2.75, 3.05) is 35.3 Å². The average molecular weight is 477 g/mol. The van der Waals surface area contributed by atoms with Gasteiger partial charge in [0, 0.05) is 41.9 Å². The van der Waals surface area contributed by atoms with Crippen molar-refractivity contribution in [2.24, 2.45) is 0 Å². The first-order chi connectivity index (χ1) is 17.0. The van der Waals surface area contributed by atoms with Crippen LogP contribution in [0.4, 0.5) is 27.3 Å². The zero-order valence-electron chi connectivity index (χ0n) is 19.0. The van der Waals surface area contributed by atoms with Gasteiger partial charge in [0.2, 0.25) is 11.8 Å². The van der Waals surface area contributed by atoms with Gasteiger partial charge in [0.15, 0.2) is 0 Å². The molecule has 3 aromatic rings. The molecule has 0 saturated carbocycles. The Morgan fingerprint density at radius 3 is 2.91 bits per heavy atom. The number of aliphatic hydroxyl groups excluding tert-OH is 1. The minimum absolute atomic E-state index is 0.0424. The predicted molar refractivity (Wildman–Crippen MR) is 128 cm³/mol. The van der Waals surface area contributed by atoms with Crippen molar-refractivity contribution in [2.45, 2.75) is 31.9 Å². The number of nitrogens with zero attached hydrogens (tertiary/aromatic N) is 3. The van der Waals surface area contributed by atoms with Crippen molar-refractivity contribution in [1.29, 1.82) is 0 Å². The van der Waals surface area contributed by atoms with E-state index in [0.29, 0.717) is 54.0 Å². The van der Waals surface area contributed by atoms with Gasteiger partial charge in [0.05, 0.1) is 35.9 Å². The van der Waals surface area contributed by atoms with E-state index in [0.717, 1.165) is 17.5 Å². The topological polar surface area (TPSA) is 109 Å². The lowest BCUT2D eigenvalue weighted by Gasteiger charge is -2.28. The van der Waals surface area contributed by atoms with Gasteiger partial charge in [-0.25, -0.2) is 14.4 Å². The van der Waals surface area contributed by atoms with Crippen molar-refractivity contribution in [3.8, 4) is 22.8 Å². The van der Waals surface area contributed by atoms with Crippen LogP contribution in [0.15, 0.2) is 36.7 Å². The van der Waals surface area contributed by atoms with Crippen molar-refractivity contribution < 1.29 is 23.8 Å². The summed E-state index contributed by atoms with van der Waals surface area (Å²) >= 11 is 0. The van der Waals surface area contributed by atoms with Crippen LogP contribution in [0.5, 0.6) is 11.6 Å². The number of hydrogen-bond donors (Lipinski definition) is 3. The summed E-state index contributed by atoms with van der Waals surface area (Å²) in [6.45, 7) is 2.74. The second kappa shape index (κ2) is 8.38. The molecule has 1 fully saturated rings. The first-order valence-corrected chi connectivity index (χ1v) is 11.6. The molecule has 1 amide bonds. The van der Waals surface area contributed by atoms with Crippen molar-refractivity contribution in [1.82, 2.24) is 9.97 Å². The molecule has 3 aliphatic rings. The monoisotopic (exact) mass is 477 g/mol. The minimum atomic E-state index is -0.457. The van der Waals surface area contributed by atoms with Crippen LogP contribution in [-0.4, -0.2) is 46.8 Å². The molecule has 3 N–H and O–H groups in total. The number of pyridine rings is 2. The summed E-state index contributed by atoms with van der Waals surface area (Å²) in [4.78, 5) is 22.5. The van der Waals surface area contributed by atoms with Crippen molar-refractivity contribution in [3.63, 3.8) is 0 Å². The average Bonchev–Trinajstić information content (AvgIpc) is 3.29. The van der Waals surface area contributed by atoms with E-state index >= 15 is 4.39 Å². The molecule has 10 heteroatoms. The SMILES string of the molecule is CC1Oc2cc(N3CCCC3=O)c(F)cc2-c2cnc(Nc3cnc4c(c3)N[C@@H](CO)CO4)cc21. The Balaban J connectivity index is 1.30. The first kappa shape index (κ1) is 21.6. The van der Waals surface area contributed by atoms with E-state index in [1.165, 1.54) is 11.0 Å². The van der Waals surface area contributed by atoms with E-state index in [-0.39, 0.29) is 30.3 Å². The number of anilines is 4. The molecule has 0 bridgehead atoms. The highest BCUT2D eigenvalue weighted by atomic mass is 19.1. The lowest BCUT2D eigenvalue weighted by Crippen LogP contribution is -2.34. The number of halogens is 1. The van der Waals surface area contributed by atoms with Crippen molar-refractivity contribution >= 4 is 28.8 Å². The maximum atomic E-state index is 15.0. The molecule has 0 aliphatic carbocycles. The van der Waals surface area contributed by atoms with E-state index in [1.54, 1.807) is 18.5 Å². The maximum Gasteiger partial charge on any atom is 0.237 e. The highest BCUT2D eigenvalue weighted by Gasteiger charge is 2.30. The summed E-state index contributed by atoms with van der Waals surface area (Å²) in [5.41, 5.74) is 3.90. The Bertz CT molecular complexity index is 1330. The van der Waals surface area contributed by atoms with Gasteiger partial charge in [-0.1, -0.05) is 0 Å². The largest absolute Gasteiger partial charge is 0.485 e. The third-order valence-electron chi connectivity index (χ3n) is 6.51. The molecule has 180 valence electrons. The number of benzene rings is 1. The highest BCUT2D eigenvalue weighted by molar-refractivity contribution is 5.96. The van der Waals surface area contributed by atoms with E-state index in [4.69, 9.17) is 9.47 Å². The molecule has 1 aromatic carbocycles. The molecular formula is C25H24FN5O4. The smallest absolute Gasteiger partial charge is 0.237 e. The van der Waals surface area contributed by atoms with Gasteiger partial charge in [-0.05, 0) is 31.5 Å². The zero-order chi connectivity index (χ0) is 24.1. The van der Waals surface area contributed by atoms with E-state index in [9.17, 15) is 9.90 Å². The van der Waals surface area contributed by atoms with Crippen LogP contribution in [0, 0.1) is 5.82 Å². The van der Waals surface area contributed by atoms with Gasteiger partial charge in [-0.2, -0.15) is 0 Å². The Morgan fingerprint density at radius 1 is 1.23 bits per heavy atom. The second-order valence-corrected chi connectivity index (χ2v) is 8.90. The van der Waals surface area contributed by atoms with Crippen LogP contribution in [0.25, 0.3) is 11.1 Å². The van der Waals surface area contributed by atoms with Crippen molar-refractivity contribution in [3.05, 3.63) is 48.0 Å². The fraction of sp³-hybridized carbons (Fsp3) is 0.320. The third-order valence-corrected chi connectivity index (χ3v) is 6.51. The fourth-order valence-corrected chi connectivity index (χ4v) is 4.74. The third kappa shape index (κ3) is 3.79. The Labute approximate surface area is 200 Å². The number of hydrogen-bond acceptors (Lipinski definition) is 8. The molecule has 3 aliphatic heterocycles. The van der Waals surface area contributed by atoms with Crippen LogP contribution < -0.4 is 25.0 Å². The number of aromatic nitrogens is 2. The van der Waals surface area contributed by atoms with Gasteiger partial charge >= 0.3 is 0 Å². The fourth-order valence-electron chi connectivity index (χ4n) is 4.74. The predicted octanol–water partition coefficient (Wildman–Crippen LogP) is 3.77. The minimum Gasteiger partial charge on any atom is -0.485 e. The van der Waals surface area contributed by atoms with Gasteiger partial charge in [0.25, 0.3) is 0 Å². The van der Waals surface area contributed by atoms with Gasteiger partial charge in [-0.3, -0.25) is 4.79 Å². The molecule has 35 heavy (non-hydrogen) atoms. The van der Waals surface area contributed by atoms with Crippen LogP contribution in [0.3, 0.4) is 0 Å². The van der Waals surface area contributed by atoms with Crippen LogP contribution in [0.1, 0.15) is 31.4 Å². The van der Waals surface area contributed by atoms with Crippen LogP contribution in [0.2, 0.25) is 0 Å². The summed E-state index contributed by atoms with van der Waals surface area (Å²) in [6, 6.07) is 6.57. The molecule has 2 aromatic heterocycles. The Morgan fingerprint density at radius 2 is 2.11 bits per heavy atom. The summed E-state index contributed by atoms with van der Waals surface area (Å²) in [5.74, 6) is 1.07. The summed E-state index contributed by atoms with van der Waals surface area (Å²) in [5, 5.41) is 15.8. The lowest BCUT2D eigenvalue weighted by atomic mass is 9.94. The number of carbonyl (C=O) groups is 1. The van der Waals surface area contributed by atoms with Gasteiger partial charge in [-0.15, -0.1) is 0 Å². The van der Waals surface area contributed by atoms with E-state index < -0.39 is 5.82 Å². The summed E-state index contributed by atoms with van der Waals surface area (Å²) in [7, 11) is 0. The van der Waals surface area contributed by atoms with Gasteiger partial charge in [0.1, 0.15) is 30.1 Å². The van der Waals surface area contributed by atoms with E-state index in [1.807, 2.05) is 19.1 Å². The summed E-state index contributed by atoms with van der Waals surface area (Å²) in [6.07, 6.45) is 4.20. The molecular weight excluding hydrogens is 453 g/mol. The number of amides is 1. The molecule has 6 rings (SSSR count). The lowest BCUT2D eigenvalue weighted by molar-refractivity contribution is -0.117. The van der Waals surface area contributed by atoms with Crippen LogP contribution in [-0.2, 0) is 4.79 Å². The van der Waals surface area contributed by atoms with Gasteiger partial charge < -0.3 is 30.1 Å². The highest BCUT2D eigenvalue weighted by Crippen LogP contribution is 2.45. The normalized spacial score (nSPS) is 20.2. The molecule has 0 radical (unpaired) electrons. The number of ether oxygens (including phenoxy) is 2. The second-order valence-electron chi connectivity index (χ2n) is 8.90. The molecule has 1 saturated heterocycles. The van der Waals surface area contributed by atoms with Crippen LogP contribution >= 0.6 is 0 Å². The molecule has 5 heterocycles. The number of carbonyl (C=O) groups excluding carboxylic acids is 1. The number of aliphatic hydroxyl groups is 1. The van der Waals surface area contributed by atoms with E-state index in [2.05, 4.69) is 20.6 Å². The number of fused-ring (bicyclic) bond motifs is 4. The molecule has 0 spiro atoms. The Kier molecular flexibility index (Phi) is 5.18. The molecule has 2 atom stereocenters. The maximum absolute atomic E-state index is 15.0. The zero-order valence-corrected chi connectivity index (χ0v) is 19.0. The number of rotatable bonds is 4.